The van der Waals surface area contributed by atoms with E-state index in [0.717, 1.165) is 0 Å². The van der Waals surface area contributed by atoms with Gasteiger partial charge in [0.25, 0.3) is 5.56 Å². The predicted octanol–water partition coefficient (Wildman–Crippen LogP) is 0.672. The SMILES string of the molecule is COCCn1ccc(=O)n(CCOC)c1=S. The maximum atomic E-state index is 11.6. The second kappa shape index (κ2) is 6.57. The molecule has 0 fully saturated rings. The summed E-state index contributed by atoms with van der Waals surface area (Å²) in [7, 11) is 3.22. The Balaban J connectivity index is 2.97. The van der Waals surface area contributed by atoms with Gasteiger partial charge in [-0.25, -0.2) is 0 Å². The van der Waals surface area contributed by atoms with Crippen LogP contribution < -0.4 is 5.56 Å². The van der Waals surface area contributed by atoms with Gasteiger partial charge in [0.2, 0.25) is 0 Å². The molecule has 0 aromatic carbocycles. The summed E-state index contributed by atoms with van der Waals surface area (Å²) in [6, 6.07) is 1.50. The normalized spacial score (nSPS) is 10.6. The molecule has 90 valence electrons. The molecular formula is C10H16N2O3S. The smallest absolute Gasteiger partial charge is 0.254 e. The molecular weight excluding hydrogens is 228 g/mol. The lowest BCUT2D eigenvalue weighted by molar-refractivity contribution is 0.179. The minimum absolute atomic E-state index is 0.101. The van der Waals surface area contributed by atoms with E-state index in [4.69, 9.17) is 21.7 Å². The van der Waals surface area contributed by atoms with Crippen molar-refractivity contribution in [1.82, 2.24) is 9.13 Å². The molecule has 0 aliphatic rings. The Morgan fingerprint density at radius 3 is 2.50 bits per heavy atom. The van der Waals surface area contributed by atoms with Gasteiger partial charge in [0, 0.05) is 33.0 Å². The van der Waals surface area contributed by atoms with Gasteiger partial charge in [0.15, 0.2) is 4.77 Å². The average Bonchev–Trinajstić information content (AvgIpc) is 2.28. The lowest BCUT2D eigenvalue weighted by Crippen LogP contribution is -2.26. The molecule has 1 heterocycles. The van der Waals surface area contributed by atoms with Gasteiger partial charge >= 0.3 is 0 Å². The average molecular weight is 244 g/mol. The summed E-state index contributed by atoms with van der Waals surface area (Å²) in [6.45, 7) is 2.15. The Morgan fingerprint density at radius 1 is 1.25 bits per heavy atom. The second-order valence-corrected chi connectivity index (χ2v) is 3.63. The molecule has 0 unspecified atom stereocenters. The van der Waals surface area contributed by atoms with Gasteiger partial charge < -0.3 is 14.0 Å². The zero-order chi connectivity index (χ0) is 12.0. The van der Waals surface area contributed by atoms with E-state index < -0.39 is 0 Å². The van der Waals surface area contributed by atoms with Crippen molar-refractivity contribution in [2.75, 3.05) is 27.4 Å². The van der Waals surface area contributed by atoms with Crippen LogP contribution in [0.4, 0.5) is 0 Å². The molecule has 1 rings (SSSR count). The minimum Gasteiger partial charge on any atom is -0.383 e. The molecule has 5 nitrogen and oxygen atoms in total. The zero-order valence-corrected chi connectivity index (χ0v) is 10.3. The van der Waals surface area contributed by atoms with E-state index in [9.17, 15) is 4.79 Å². The molecule has 1 aromatic rings. The predicted molar refractivity (Wildman–Crippen MR) is 63.3 cm³/mol. The van der Waals surface area contributed by atoms with Gasteiger partial charge in [-0.15, -0.1) is 0 Å². The molecule has 0 aliphatic carbocycles. The molecule has 0 radical (unpaired) electrons. The van der Waals surface area contributed by atoms with E-state index in [0.29, 0.717) is 31.1 Å². The van der Waals surface area contributed by atoms with Gasteiger partial charge in [-0.05, 0) is 12.2 Å². The molecule has 0 spiro atoms. The van der Waals surface area contributed by atoms with Crippen LogP contribution in [0.5, 0.6) is 0 Å². The van der Waals surface area contributed by atoms with E-state index in [1.54, 1.807) is 20.4 Å². The zero-order valence-electron chi connectivity index (χ0n) is 9.51. The Morgan fingerprint density at radius 2 is 1.88 bits per heavy atom. The van der Waals surface area contributed by atoms with Gasteiger partial charge in [-0.3, -0.25) is 9.36 Å². The number of ether oxygens (including phenoxy) is 2. The first-order valence-electron chi connectivity index (χ1n) is 4.99. The first-order chi connectivity index (χ1) is 7.70. The van der Waals surface area contributed by atoms with Crippen LogP contribution in [0.2, 0.25) is 0 Å². The van der Waals surface area contributed by atoms with Crippen LogP contribution in [0, 0.1) is 4.77 Å². The fourth-order valence-corrected chi connectivity index (χ4v) is 1.64. The van der Waals surface area contributed by atoms with E-state index in [-0.39, 0.29) is 5.56 Å². The standard InChI is InChI=1S/C10H16N2O3S/c1-14-7-5-11-4-3-9(13)12(10(11)16)6-8-15-2/h3-4H,5-8H2,1-2H3. The van der Waals surface area contributed by atoms with Gasteiger partial charge in [-0.1, -0.05) is 0 Å². The van der Waals surface area contributed by atoms with Gasteiger partial charge in [-0.2, -0.15) is 0 Å². The fraction of sp³-hybridized carbons (Fsp3) is 0.600. The maximum Gasteiger partial charge on any atom is 0.254 e. The van der Waals surface area contributed by atoms with Crippen molar-refractivity contribution in [2.45, 2.75) is 13.1 Å². The van der Waals surface area contributed by atoms with Crippen LogP contribution in [-0.2, 0) is 22.6 Å². The molecule has 0 saturated carbocycles. The number of aromatic nitrogens is 2. The highest BCUT2D eigenvalue weighted by molar-refractivity contribution is 7.71. The van der Waals surface area contributed by atoms with E-state index in [1.807, 2.05) is 4.57 Å². The summed E-state index contributed by atoms with van der Waals surface area (Å²) in [4.78, 5) is 11.6. The number of methoxy groups -OCH3 is 2. The molecule has 0 aliphatic heterocycles. The highest BCUT2D eigenvalue weighted by atomic mass is 32.1. The van der Waals surface area contributed by atoms with E-state index in [2.05, 4.69) is 0 Å². The second-order valence-electron chi connectivity index (χ2n) is 3.27. The lowest BCUT2D eigenvalue weighted by Gasteiger charge is -2.10. The molecule has 6 heteroatoms. The monoisotopic (exact) mass is 244 g/mol. The fourth-order valence-electron chi connectivity index (χ4n) is 1.31. The van der Waals surface area contributed by atoms with E-state index >= 15 is 0 Å². The van der Waals surface area contributed by atoms with Crippen molar-refractivity contribution in [1.29, 1.82) is 0 Å². The summed E-state index contributed by atoms with van der Waals surface area (Å²) in [5, 5.41) is 0. The third kappa shape index (κ3) is 3.26. The molecule has 0 atom stereocenters. The molecule has 0 N–H and O–H groups in total. The van der Waals surface area contributed by atoms with E-state index in [1.165, 1.54) is 10.6 Å². The molecule has 1 aromatic heterocycles. The summed E-state index contributed by atoms with van der Waals surface area (Å²) < 4.78 is 13.7. The third-order valence-corrected chi connectivity index (χ3v) is 2.65. The molecule has 0 amide bonds. The molecule has 0 bridgehead atoms. The largest absolute Gasteiger partial charge is 0.383 e. The van der Waals surface area contributed by atoms with Crippen LogP contribution in [0.1, 0.15) is 0 Å². The summed E-state index contributed by atoms with van der Waals surface area (Å²) in [5.74, 6) is 0. The molecule has 0 saturated heterocycles. The third-order valence-electron chi connectivity index (χ3n) is 2.20. The quantitative estimate of drug-likeness (QED) is 0.690. The van der Waals surface area contributed by atoms with Crippen LogP contribution in [-0.4, -0.2) is 36.6 Å². The summed E-state index contributed by atoms with van der Waals surface area (Å²) in [6.07, 6.45) is 1.69. The van der Waals surface area contributed by atoms with Crippen LogP contribution in [0.3, 0.4) is 0 Å². The lowest BCUT2D eigenvalue weighted by atomic mass is 10.5. The Bertz CT molecular complexity index is 438. The number of hydrogen-bond acceptors (Lipinski definition) is 4. The van der Waals surface area contributed by atoms with Crippen LogP contribution in [0.15, 0.2) is 17.1 Å². The number of hydrogen-bond donors (Lipinski definition) is 0. The Kier molecular flexibility index (Phi) is 5.37. The minimum atomic E-state index is -0.101. The highest BCUT2D eigenvalue weighted by Gasteiger charge is 2.01. The number of rotatable bonds is 6. The van der Waals surface area contributed by atoms with Crippen molar-refractivity contribution < 1.29 is 9.47 Å². The maximum absolute atomic E-state index is 11.6. The first-order valence-corrected chi connectivity index (χ1v) is 5.39. The Hall–Kier alpha value is -0.980. The van der Waals surface area contributed by atoms with Crippen LogP contribution >= 0.6 is 12.2 Å². The first kappa shape index (κ1) is 13.1. The van der Waals surface area contributed by atoms with Gasteiger partial charge in [0.1, 0.15) is 0 Å². The van der Waals surface area contributed by atoms with Crippen LogP contribution in [0.25, 0.3) is 0 Å². The summed E-state index contributed by atoms with van der Waals surface area (Å²) >= 11 is 5.22. The molecule has 16 heavy (non-hydrogen) atoms. The van der Waals surface area contributed by atoms with Crippen molar-refractivity contribution in [3.8, 4) is 0 Å². The number of nitrogens with zero attached hydrogens (tertiary/aromatic N) is 2. The van der Waals surface area contributed by atoms with Crippen molar-refractivity contribution in [3.63, 3.8) is 0 Å². The Labute approximate surface area is 99.2 Å². The van der Waals surface area contributed by atoms with Crippen molar-refractivity contribution in [2.24, 2.45) is 0 Å². The van der Waals surface area contributed by atoms with Crippen molar-refractivity contribution in [3.05, 3.63) is 27.4 Å². The summed E-state index contributed by atoms with van der Waals surface area (Å²) in [5.41, 5.74) is -0.101. The van der Waals surface area contributed by atoms with Crippen molar-refractivity contribution >= 4 is 12.2 Å². The topological polar surface area (TPSA) is 45.4 Å². The highest BCUT2D eigenvalue weighted by Crippen LogP contribution is 1.92. The van der Waals surface area contributed by atoms with Gasteiger partial charge in [0.05, 0.1) is 19.8 Å².